The summed E-state index contributed by atoms with van der Waals surface area (Å²) in [7, 11) is 1.57. The van der Waals surface area contributed by atoms with Gasteiger partial charge >= 0.3 is 0 Å². The van der Waals surface area contributed by atoms with E-state index in [9.17, 15) is 14.4 Å². The highest BCUT2D eigenvalue weighted by molar-refractivity contribution is 7.13. The minimum atomic E-state index is -0.331. The standard InChI is InChI=1S/C28H32N4O4S/c1-19(2)15-32(27(35)21-8-10-24(36-3)11-9-21)17-25(33)30-28-29-23(18-37-28)14-26(34)31-13-12-20-6-4-5-7-22(20)16-31/h4-11,18-19H,12-17H2,1-3H3,(H,29,30,33). The Morgan fingerprint density at radius 1 is 1.11 bits per heavy atom. The molecule has 1 aliphatic heterocycles. The molecule has 4 rings (SSSR count). The number of ether oxygens (including phenoxy) is 1. The van der Waals surface area contributed by atoms with Crippen molar-refractivity contribution in [2.75, 3.05) is 32.1 Å². The highest BCUT2D eigenvalue weighted by atomic mass is 32.1. The maximum atomic E-state index is 13.1. The van der Waals surface area contributed by atoms with Crippen molar-refractivity contribution in [3.63, 3.8) is 0 Å². The van der Waals surface area contributed by atoms with E-state index < -0.39 is 0 Å². The van der Waals surface area contributed by atoms with Crippen molar-refractivity contribution in [3.8, 4) is 5.75 Å². The number of amides is 3. The molecule has 1 aliphatic rings. The van der Waals surface area contributed by atoms with E-state index in [2.05, 4.69) is 22.4 Å². The minimum absolute atomic E-state index is 0.0193. The molecule has 1 N–H and O–H groups in total. The zero-order valence-corrected chi connectivity index (χ0v) is 22.2. The van der Waals surface area contributed by atoms with Gasteiger partial charge in [0, 0.05) is 30.6 Å². The van der Waals surface area contributed by atoms with Crippen LogP contribution in [0.2, 0.25) is 0 Å². The molecule has 3 aromatic rings. The molecule has 37 heavy (non-hydrogen) atoms. The normalized spacial score (nSPS) is 12.7. The molecule has 0 spiro atoms. The third-order valence-electron chi connectivity index (χ3n) is 6.16. The van der Waals surface area contributed by atoms with Gasteiger partial charge in [-0.05, 0) is 47.7 Å². The summed E-state index contributed by atoms with van der Waals surface area (Å²) in [6.07, 6.45) is 1.03. The van der Waals surface area contributed by atoms with Crippen LogP contribution in [0.4, 0.5) is 5.13 Å². The Kier molecular flexibility index (Phi) is 8.55. The number of anilines is 1. The quantitative estimate of drug-likeness (QED) is 0.460. The zero-order valence-electron chi connectivity index (χ0n) is 21.4. The summed E-state index contributed by atoms with van der Waals surface area (Å²) in [6.45, 7) is 5.64. The third-order valence-corrected chi connectivity index (χ3v) is 6.96. The zero-order chi connectivity index (χ0) is 26.4. The van der Waals surface area contributed by atoms with Crippen molar-refractivity contribution in [1.82, 2.24) is 14.8 Å². The number of carbonyl (C=O) groups is 3. The maximum absolute atomic E-state index is 13.1. The highest BCUT2D eigenvalue weighted by Gasteiger charge is 2.23. The second-order valence-corrected chi connectivity index (χ2v) is 10.4. The fourth-order valence-electron chi connectivity index (χ4n) is 4.33. The van der Waals surface area contributed by atoms with Crippen molar-refractivity contribution in [2.24, 2.45) is 5.92 Å². The summed E-state index contributed by atoms with van der Waals surface area (Å²) in [5, 5.41) is 4.99. The lowest BCUT2D eigenvalue weighted by Crippen LogP contribution is -2.40. The monoisotopic (exact) mass is 520 g/mol. The van der Waals surface area contributed by atoms with Gasteiger partial charge in [-0.25, -0.2) is 4.98 Å². The molecular formula is C28H32N4O4S. The molecule has 0 unspecified atom stereocenters. The molecular weight excluding hydrogens is 488 g/mol. The first-order chi connectivity index (χ1) is 17.8. The largest absolute Gasteiger partial charge is 0.497 e. The number of hydrogen-bond donors (Lipinski definition) is 1. The van der Waals surface area contributed by atoms with Crippen LogP contribution in [0, 0.1) is 5.92 Å². The minimum Gasteiger partial charge on any atom is -0.497 e. The van der Waals surface area contributed by atoms with Crippen molar-refractivity contribution in [3.05, 3.63) is 76.3 Å². The van der Waals surface area contributed by atoms with Crippen molar-refractivity contribution < 1.29 is 19.1 Å². The molecule has 0 radical (unpaired) electrons. The Balaban J connectivity index is 1.33. The summed E-state index contributed by atoms with van der Waals surface area (Å²) in [5.41, 5.74) is 3.59. The van der Waals surface area contributed by atoms with Gasteiger partial charge in [0.2, 0.25) is 11.8 Å². The van der Waals surface area contributed by atoms with Gasteiger partial charge in [-0.15, -0.1) is 11.3 Å². The van der Waals surface area contributed by atoms with Gasteiger partial charge < -0.3 is 19.9 Å². The van der Waals surface area contributed by atoms with E-state index in [-0.39, 0.29) is 36.6 Å². The smallest absolute Gasteiger partial charge is 0.254 e. The molecule has 3 amide bonds. The third kappa shape index (κ3) is 6.95. The first-order valence-corrected chi connectivity index (χ1v) is 13.2. The molecule has 0 saturated heterocycles. The molecule has 0 fully saturated rings. The van der Waals surface area contributed by atoms with Crippen LogP contribution in [0.3, 0.4) is 0 Å². The molecule has 0 bridgehead atoms. The van der Waals surface area contributed by atoms with Crippen LogP contribution < -0.4 is 10.1 Å². The highest BCUT2D eigenvalue weighted by Crippen LogP contribution is 2.21. The second kappa shape index (κ2) is 12.0. The van der Waals surface area contributed by atoms with Crippen LogP contribution in [-0.4, -0.2) is 59.2 Å². The molecule has 194 valence electrons. The average molecular weight is 521 g/mol. The Bertz CT molecular complexity index is 1260. The van der Waals surface area contributed by atoms with Crippen molar-refractivity contribution in [1.29, 1.82) is 0 Å². The van der Waals surface area contributed by atoms with E-state index >= 15 is 0 Å². The van der Waals surface area contributed by atoms with Crippen molar-refractivity contribution >= 4 is 34.2 Å². The van der Waals surface area contributed by atoms with Gasteiger partial charge in [0.15, 0.2) is 5.13 Å². The van der Waals surface area contributed by atoms with Crippen LogP contribution in [0.15, 0.2) is 53.9 Å². The van der Waals surface area contributed by atoms with Crippen LogP contribution in [0.5, 0.6) is 5.75 Å². The molecule has 0 atom stereocenters. The van der Waals surface area contributed by atoms with Gasteiger partial charge in [0.25, 0.3) is 5.91 Å². The van der Waals surface area contributed by atoms with E-state index in [1.54, 1.807) is 36.8 Å². The lowest BCUT2D eigenvalue weighted by molar-refractivity contribution is -0.131. The van der Waals surface area contributed by atoms with Crippen LogP contribution in [0.1, 0.15) is 41.0 Å². The van der Waals surface area contributed by atoms with Gasteiger partial charge in [-0.3, -0.25) is 14.4 Å². The summed E-state index contributed by atoms with van der Waals surface area (Å²) in [6, 6.07) is 15.0. The predicted molar refractivity (Wildman–Crippen MR) is 144 cm³/mol. The summed E-state index contributed by atoms with van der Waals surface area (Å²) < 4.78 is 5.16. The number of fused-ring (bicyclic) bond motifs is 1. The number of hydrogen-bond acceptors (Lipinski definition) is 6. The molecule has 0 saturated carbocycles. The SMILES string of the molecule is COc1ccc(C(=O)N(CC(=O)Nc2nc(CC(=O)N3CCc4ccccc4C3)cs2)CC(C)C)cc1. The van der Waals surface area contributed by atoms with Gasteiger partial charge in [-0.1, -0.05) is 38.1 Å². The van der Waals surface area contributed by atoms with Crippen molar-refractivity contribution in [2.45, 2.75) is 33.2 Å². The molecule has 1 aromatic heterocycles. The molecule has 0 aliphatic carbocycles. The fourth-order valence-corrected chi connectivity index (χ4v) is 5.06. The Labute approximate surface area is 221 Å². The van der Waals surface area contributed by atoms with Gasteiger partial charge in [-0.2, -0.15) is 0 Å². The molecule has 9 heteroatoms. The number of thiazole rings is 1. The summed E-state index contributed by atoms with van der Waals surface area (Å²) in [4.78, 5) is 46.6. The van der Waals surface area contributed by atoms with Crippen LogP contribution >= 0.6 is 11.3 Å². The average Bonchev–Trinajstić information content (AvgIpc) is 3.33. The second-order valence-electron chi connectivity index (χ2n) is 9.51. The lowest BCUT2D eigenvalue weighted by Gasteiger charge is -2.28. The van der Waals surface area contributed by atoms with E-state index in [0.717, 1.165) is 6.42 Å². The Morgan fingerprint density at radius 2 is 1.84 bits per heavy atom. The first kappa shape index (κ1) is 26.3. The number of methoxy groups -OCH3 is 1. The van der Waals surface area contributed by atoms with E-state index in [1.807, 2.05) is 30.9 Å². The Morgan fingerprint density at radius 3 is 2.54 bits per heavy atom. The van der Waals surface area contributed by atoms with Crippen LogP contribution in [0.25, 0.3) is 0 Å². The summed E-state index contributed by atoms with van der Waals surface area (Å²) in [5.74, 6) is 0.315. The maximum Gasteiger partial charge on any atom is 0.254 e. The van der Waals surface area contributed by atoms with Gasteiger partial charge in [0.1, 0.15) is 12.3 Å². The van der Waals surface area contributed by atoms with Gasteiger partial charge in [0.05, 0.1) is 19.2 Å². The Hall–Kier alpha value is -3.72. The number of benzene rings is 2. The number of aromatic nitrogens is 1. The number of carbonyl (C=O) groups excluding carboxylic acids is 3. The summed E-state index contributed by atoms with van der Waals surface area (Å²) >= 11 is 1.27. The lowest BCUT2D eigenvalue weighted by atomic mass is 10.00. The fraction of sp³-hybridized carbons (Fsp3) is 0.357. The topological polar surface area (TPSA) is 91.8 Å². The molecule has 2 heterocycles. The van der Waals surface area contributed by atoms with E-state index in [1.165, 1.54) is 27.4 Å². The number of nitrogens with zero attached hydrogens (tertiary/aromatic N) is 3. The molecule has 8 nitrogen and oxygen atoms in total. The van der Waals surface area contributed by atoms with E-state index in [0.29, 0.717) is 41.8 Å². The predicted octanol–water partition coefficient (Wildman–Crippen LogP) is 4.02. The number of rotatable bonds is 9. The number of nitrogens with one attached hydrogen (secondary N) is 1. The van der Waals surface area contributed by atoms with Crippen LogP contribution in [-0.2, 0) is 29.0 Å². The molecule has 2 aromatic carbocycles. The first-order valence-electron chi connectivity index (χ1n) is 12.3. The van der Waals surface area contributed by atoms with E-state index in [4.69, 9.17) is 4.74 Å².